The van der Waals surface area contributed by atoms with E-state index >= 15 is 0 Å². The predicted molar refractivity (Wildman–Crippen MR) is 115 cm³/mol. The van der Waals surface area contributed by atoms with Gasteiger partial charge in [0.15, 0.2) is 11.6 Å². The van der Waals surface area contributed by atoms with Gasteiger partial charge in [0.2, 0.25) is 5.82 Å². The predicted octanol–water partition coefficient (Wildman–Crippen LogP) is 3.88. The zero-order chi connectivity index (χ0) is 23.5. The second kappa shape index (κ2) is 9.70. The zero-order valence-corrected chi connectivity index (χ0v) is 18.0. The summed E-state index contributed by atoms with van der Waals surface area (Å²) in [4.78, 5) is 20.1. The summed E-state index contributed by atoms with van der Waals surface area (Å²) in [6.07, 6.45) is 2.01. The number of carbonyl (C=O) groups excluding carboxylic acids is 1. The number of aliphatic hydroxyl groups is 1. The Kier molecular flexibility index (Phi) is 6.73. The second-order valence-corrected chi connectivity index (χ2v) is 8.22. The van der Waals surface area contributed by atoms with Crippen molar-refractivity contribution in [2.45, 2.75) is 50.3 Å². The number of hydrogen-bond acceptors (Lipinski definition) is 4. The van der Waals surface area contributed by atoms with Crippen LogP contribution in [-0.2, 0) is 6.42 Å². The molecule has 1 fully saturated rings. The number of nitrogens with zero attached hydrogens (tertiary/aromatic N) is 1. The molecular weight excluding hydrogens is 437 g/mol. The summed E-state index contributed by atoms with van der Waals surface area (Å²) in [7, 11) is 1.24. The number of imidazole rings is 1. The zero-order valence-electron chi connectivity index (χ0n) is 18.0. The molecule has 1 atom stereocenters. The number of hydrogen-bond donors (Lipinski definition) is 4. The van der Waals surface area contributed by atoms with Crippen LogP contribution in [0.2, 0.25) is 0 Å². The number of urea groups is 1. The van der Waals surface area contributed by atoms with E-state index in [9.17, 15) is 23.1 Å². The van der Waals surface area contributed by atoms with Crippen LogP contribution in [0.5, 0.6) is 5.75 Å². The Morgan fingerprint density at radius 1 is 1.18 bits per heavy atom. The van der Waals surface area contributed by atoms with E-state index in [2.05, 4.69) is 20.6 Å². The van der Waals surface area contributed by atoms with E-state index in [1.54, 1.807) is 0 Å². The molecule has 0 radical (unpaired) electrons. The Hall–Kier alpha value is -3.27. The Morgan fingerprint density at radius 2 is 1.94 bits per heavy atom. The van der Waals surface area contributed by atoms with Crippen molar-refractivity contribution in [3.63, 3.8) is 0 Å². The third-order valence-electron chi connectivity index (χ3n) is 5.90. The maximum Gasteiger partial charge on any atom is 0.315 e. The molecule has 4 rings (SSSR count). The fourth-order valence-corrected chi connectivity index (χ4v) is 4.10. The molecule has 3 aromatic rings. The van der Waals surface area contributed by atoms with Gasteiger partial charge in [0.1, 0.15) is 11.6 Å². The smallest absolute Gasteiger partial charge is 0.315 e. The average Bonchev–Trinajstić information content (AvgIpc) is 3.21. The standard InChI is InChI=1S/C23H25F3N4O3/c1-33-19-9-2-12(20(25)21(19)26)10-18(22-28-16-8-3-13(24)11-17(16)29-22)30-23(32)27-14-4-6-15(31)7-5-14/h2-3,8-9,11,14-15,18,31H,4-7,10H2,1H3,(H,28,29)(H2,27,30,32)/t14?,15?,18-/m1/s1. The van der Waals surface area contributed by atoms with Crippen LogP contribution in [0.1, 0.15) is 43.1 Å². The number of rotatable bonds is 6. The summed E-state index contributed by atoms with van der Waals surface area (Å²) in [5, 5.41) is 15.3. The molecule has 1 heterocycles. The van der Waals surface area contributed by atoms with Gasteiger partial charge in [-0.3, -0.25) is 0 Å². The molecule has 1 saturated carbocycles. The molecule has 176 valence electrons. The molecule has 0 aliphatic heterocycles. The van der Waals surface area contributed by atoms with Crippen molar-refractivity contribution in [2.24, 2.45) is 0 Å². The highest BCUT2D eigenvalue weighted by atomic mass is 19.2. The maximum atomic E-state index is 14.6. The fraction of sp³-hybridized carbons (Fsp3) is 0.391. The van der Waals surface area contributed by atoms with Gasteiger partial charge >= 0.3 is 6.03 Å². The van der Waals surface area contributed by atoms with E-state index in [0.717, 1.165) is 0 Å². The van der Waals surface area contributed by atoms with E-state index in [0.29, 0.717) is 36.7 Å². The summed E-state index contributed by atoms with van der Waals surface area (Å²) in [6.45, 7) is 0. The normalized spacial score (nSPS) is 19.3. The number of aliphatic hydroxyl groups excluding tert-OH is 1. The van der Waals surface area contributed by atoms with Crippen LogP contribution < -0.4 is 15.4 Å². The van der Waals surface area contributed by atoms with Gasteiger partial charge in [-0.2, -0.15) is 4.39 Å². The van der Waals surface area contributed by atoms with Gasteiger partial charge in [0, 0.05) is 12.5 Å². The van der Waals surface area contributed by atoms with Crippen molar-refractivity contribution in [1.29, 1.82) is 0 Å². The molecule has 0 bridgehead atoms. The van der Waals surface area contributed by atoms with Crippen LogP contribution in [0.25, 0.3) is 11.0 Å². The minimum atomic E-state index is -1.12. The highest BCUT2D eigenvalue weighted by Crippen LogP contribution is 2.27. The number of ether oxygens (including phenoxy) is 1. The molecule has 1 aliphatic carbocycles. The lowest BCUT2D eigenvalue weighted by atomic mass is 9.93. The van der Waals surface area contributed by atoms with E-state index in [1.807, 2.05) is 0 Å². The quantitative estimate of drug-likeness (QED) is 0.447. The van der Waals surface area contributed by atoms with Gasteiger partial charge in [0.25, 0.3) is 0 Å². The van der Waals surface area contributed by atoms with E-state index < -0.39 is 29.5 Å². The van der Waals surface area contributed by atoms with Crippen molar-refractivity contribution >= 4 is 17.1 Å². The monoisotopic (exact) mass is 462 g/mol. The van der Waals surface area contributed by atoms with Gasteiger partial charge in [-0.25, -0.2) is 18.6 Å². The van der Waals surface area contributed by atoms with Crippen LogP contribution in [-0.4, -0.2) is 40.4 Å². The first-order valence-corrected chi connectivity index (χ1v) is 10.7. The molecule has 7 nitrogen and oxygen atoms in total. The summed E-state index contributed by atoms with van der Waals surface area (Å²) >= 11 is 0. The minimum Gasteiger partial charge on any atom is -0.494 e. The number of amides is 2. The Labute approximate surface area is 188 Å². The fourth-order valence-electron chi connectivity index (χ4n) is 4.10. The molecule has 1 aromatic heterocycles. The third kappa shape index (κ3) is 5.22. The molecule has 2 amide bonds. The third-order valence-corrected chi connectivity index (χ3v) is 5.90. The van der Waals surface area contributed by atoms with Crippen molar-refractivity contribution in [3.05, 3.63) is 59.2 Å². The number of methoxy groups -OCH3 is 1. The van der Waals surface area contributed by atoms with Crippen LogP contribution >= 0.6 is 0 Å². The lowest BCUT2D eigenvalue weighted by Gasteiger charge is -2.27. The number of H-pyrrole nitrogens is 1. The molecule has 0 saturated heterocycles. The lowest BCUT2D eigenvalue weighted by Crippen LogP contribution is -2.45. The van der Waals surface area contributed by atoms with Crippen molar-refractivity contribution in [1.82, 2.24) is 20.6 Å². The minimum absolute atomic E-state index is 0.0195. The van der Waals surface area contributed by atoms with Gasteiger partial charge in [-0.1, -0.05) is 6.07 Å². The van der Waals surface area contributed by atoms with Crippen LogP contribution in [0.15, 0.2) is 30.3 Å². The lowest BCUT2D eigenvalue weighted by molar-refractivity contribution is 0.117. The van der Waals surface area contributed by atoms with Crippen LogP contribution in [0, 0.1) is 17.5 Å². The number of benzene rings is 2. The first-order chi connectivity index (χ1) is 15.8. The Balaban J connectivity index is 1.59. The molecule has 2 aromatic carbocycles. The van der Waals surface area contributed by atoms with Crippen LogP contribution in [0.3, 0.4) is 0 Å². The van der Waals surface area contributed by atoms with Gasteiger partial charge in [0.05, 0.1) is 30.3 Å². The van der Waals surface area contributed by atoms with Crippen molar-refractivity contribution in [2.75, 3.05) is 7.11 Å². The summed E-state index contributed by atoms with van der Waals surface area (Å²) in [5.74, 6) is -2.60. The SMILES string of the molecule is COc1ccc(C[C@@H](NC(=O)NC2CCC(O)CC2)c2nc3ccc(F)cc3[nH]2)c(F)c1F. The van der Waals surface area contributed by atoms with E-state index in [4.69, 9.17) is 4.74 Å². The number of fused-ring (bicyclic) bond motifs is 1. The highest BCUT2D eigenvalue weighted by Gasteiger charge is 2.25. The van der Waals surface area contributed by atoms with Crippen molar-refractivity contribution in [3.8, 4) is 5.75 Å². The average molecular weight is 462 g/mol. The molecule has 4 N–H and O–H groups in total. The number of aromatic amines is 1. The number of halogens is 3. The molecular formula is C23H25F3N4O3. The van der Waals surface area contributed by atoms with Gasteiger partial charge < -0.3 is 25.5 Å². The second-order valence-electron chi connectivity index (χ2n) is 8.22. The molecule has 0 unspecified atom stereocenters. The highest BCUT2D eigenvalue weighted by molar-refractivity contribution is 5.76. The van der Waals surface area contributed by atoms with Gasteiger partial charge in [-0.15, -0.1) is 0 Å². The first kappa shape index (κ1) is 22.9. The molecule has 33 heavy (non-hydrogen) atoms. The van der Waals surface area contributed by atoms with Crippen molar-refractivity contribution < 1.29 is 27.8 Å². The summed E-state index contributed by atoms with van der Waals surface area (Å²) in [5.41, 5.74) is 0.909. The number of aromatic nitrogens is 2. The Bertz CT molecular complexity index is 1150. The summed E-state index contributed by atoms with van der Waals surface area (Å²) in [6, 6.07) is 5.26. The Morgan fingerprint density at radius 3 is 2.67 bits per heavy atom. The maximum absolute atomic E-state index is 14.6. The van der Waals surface area contributed by atoms with Gasteiger partial charge in [-0.05, 0) is 55.5 Å². The van der Waals surface area contributed by atoms with Crippen LogP contribution in [0.4, 0.5) is 18.0 Å². The van der Waals surface area contributed by atoms with E-state index in [1.165, 1.54) is 37.4 Å². The van der Waals surface area contributed by atoms with E-state index in [-0.39, 0.29) is 35.7 Å². The number of nitrogens with one attached hydrogen (secondary N) is 3. The largest absolute Gasteiger partial charge is 0.494 e. The molecule has 1 aliphatic rings. The number of carbonyl (C=O) groups is 1. The first-order valence-electron chi connectivity index (χ1n) is 10.7. The molecule has 10 heteroatoms. The molecule has 0 spiro atoms. The summed E-state index contributed by atoms with van der Waals surface area (Å²) < 4.78 is 47.3. The topological polar surface area (TPSA) is 99.3 Å².